The van der Waals surface area contributed by atoms with Crippen LogP contribution in [0.15, 0.2) is 36.4 Å². The molecule has 0 aromatic heterocycles. The van der Waals surface area contributed by atoms with Gasteiger partial charge in [0.1, 0.15) is 0 Å². The van der Waals surface area contributed by atoms with Crippen LogP contribution in [0.4, 0.5) is 4.79 Å². The number of carbonyl (C=O) groups excluding carboxylic acids is 2. The van der Waals surface area contributed by atoms with Crippen LogP contribution >= 0.6 is 0 Å². The van der Waals surface area contributed by atoms with Crippen LogP contribution in [0.3, 0.4) is 0 Å². The monoisotopic (exact) mass is 215 g/mol. The minimum Gasteiger partial charge on any atom is -0.409 e. The highest BCUT2D eigenvalue weighted by atomic mass is 16.5. The topological polar surface area (TPSA) is 69.4 Å². The van der Waals surface area contributed by atoms with Crippen molar-refractivity contribution in [2.45, 2.75) is 0 Å². The summed E-state index contributed by atoms with van der Waals surface area (Å²) in [6.07, 6.45) is -0.301. The van der Waals surface area contributed by atoms with E-state index in [1.165, 1.54) is 0 Å². The van der Waals surface area contributed by atoms with Crippen molar-refractivity contribution in [3.63, 3.8) is 0 Å². The second-order valence-corrected chi connectivity index (χ2v) is 3.24. The Labute approximate surface area is 91.6 Å². The molecule has 2 N–H and O–H groups in total. The van der Waals surface area contributed by atoms with Gasteiger partial charge in [-0.1, -0.05) is 30.3 Å². The van der Waals surface area contributed by atoms with Crippen molar-refractivity contribution in [1.29, 1.82) is 0 Å². The van der Waals surface area contributed by atoms with Crippen LogP contribution in [0, 0.1) is 0 Å². The minimum atomic E-state index is -0.931. The molecule has 2 aromatic rings. The van der Waals surface area contributed by atoms with Gasteiger partial charge in [-0.3, -0.25) is 4.79 Å². The number of amides is 1. The number of carbonyl (C=O) groups is 2. The van der Waals surface area contributed by atoms with E-state index in [0.717, 1.165) is 5.39 Å². The Morgan fingerprint density at radius 2 is 1.94 bits per heavy atom. The third-order valence-electron chi connectivity index (χ3n) is 2.24. The Morgan fingerprint density at radius 3 is 2.62 bits per heavy atom. The largest absolute Gasteiger partial charge is 0.410 e. The van der Waals surface area contributed by atoms with E-state index in [9.17, 15) is 9.59 Å². The van der Waals surface area contributed by atoms with Crippen LogP contribution in [-0.2, 0) is 0 Å². The van der Waals surface area contributed by atoms with E-state index >= 15 is 0 Å². The quantitative estimate of drug-likeness (QED) is 0.780. The fourth-order valence-corrected chi connectivity index (χ4v) is 1.57. The van der Waals surface area contributed by atoms with Crippen LogP contribution in [0.5, 0.6) is 5.75 Å². The van der Waals surface area contributed by atoms with E-state index in [4.69, 9.17) is 10.5 Å². The van der Waals surface area contributed by atoms with Gasteiger partial charge in [0.2, 0.25) is 0 Å². The highest BCUT2D eigenvalue weighted by Crippen LogP contribution is 2.28. The summed E-state index contributed by atoms with van der Waals surface area (Å²) in [6.45, 7) is 0. The van der Waals surface area contributed by atoms with E-state index in [-0.39, 0.29) is 5.75 Å². The standard InChI is InChI=1S/C12H9NO3/c13-12(15)16-11-9(7-14)6-5-8-3-1-2-4-10(8)11/h1-7H,(H2,13,15). The highest BCUT2D eigenvalue weighted by Gasteiger charge is 2.10. The van der Waals surface area contributed by atoms with E-state index < -0.39 is 6.09 Å². The molecule has 2 aromatic carbocycles. The van der Waals surface area contributed by atoms with E-state index in [2.05, 4.69) is 0 Å². The molecule has 2 rings (SSSR count). The first-order valence-electron chi connectivity index (χ1n) is 4.66. The second kappa shape index (κ2) is 4.02. The molecule has 0 aliphatic carbocycles. The average molecular weight is 215 g/mol. The maximum atomic E-state index is 10.8. The summed E-state index contributed by atoms with van der Waals surface area (Å²) < 4.78 is 4.86. The smallest absolute Gasteiger partial charge is 0.409 e. The lowest BCUT2D eigenvalue weighted by molar-refractivity contribution is 0.112. The lowest BCUT2D eigenvalue weighted by Gasteiger charge is -2.07. The number of benzene rings is 2. The van der Waals surface area contributed by atoms with Gasteiger partial charge in [-0.2, -0.15) is 0 Å². The Bertz CT molecular complexity index is 563. The normalized spacial score (nSPS) is 10.0. The SMILES string of the molecule is NC(=O)Oc1c(C=O)ccc2ccccc12. The molecule has 0 saturated carbocycles. The highest BCUT2D eigenvalue weighted by molar-refractivity contribution is 5.97. The fourth-order valence-electron chi connectivity index (χ4n) is 1.57. The third kappa shape index (κ3) is 1.72. The van der Waals surface area contributed by atoms with Crippen molar-refractivity contribution in [3.8, 4) is 5.75 Å². The molecular formula is C12H9NO3. The Balaban J connectivity index is 2.72. The van der Waals surface area contributed by atoms with Gasteiger partial charge in [-0.15, -0.1) is 0 Å². The van der Waals surface area contributed by atoms with E-state index in [1.54, 1.807) is 24.3 Å². The summed E-state index contributed by atoms with van der Waals surface area (Å²) in [7, 11) is 0. The number of ether oxygens (including phenoxy) is 1. The number of rotatable bonds is 2. The Kier molecular flexibility index (Phi) is 2.55. The molecule has 0 atom stereocenters. The molecule has 0 spiro atoms. The van der Waals surface area contributed by atoms with Gasteiger partial charge in [0, 0.05) is 5.39 Å². The van der Waals surface area contributed by atoms with Crippen molar-refractivity contribution < 1.29 is 14.3 Å². The van der Waals surface area contributed by atoms with Crippen LogP contribution in [-0.4, -0.2) is 12.4 Å². The van der Waals surface area contributed by atoms with Gasteiger partial charge in [-0.25, -0.2) is 4.79 Å². The molecule has 0 aliphatic rings. The zero-order chi connectivity index (χ0) is 11.5. The summed E-state index contributed by atoms with van der Waals surface area (Å²) in [5, 5.41) is 1.57. The predicted octanol–water partition coefficient (Wildman–Crippen LogP) is 2.11. The number of aldehydes is 1. The van der Waals surface area contributed by atoms with E-state index in [1.807, 2.05) is 12.1 Å². The van der Waals surface area contributed by atoms with E-state index in [0.29, 0.717) is 17.2 Å². The van der Waals surface area contributed by atoms with Gasteiger partial charge >= 0.3 is 6.09 Å². The molecule has 16 heavy (non-hydrogen) atoms. The van der Waals surface area contributed by atoms with Crippen LogP contribution in [0.2, 0.25) is 0 Å². The maximum Gasteiger partial charge on any atom is 0.410 e. The number of hydrogen-bond donors (Lipinski definition) is 1. The van der Waals surface area contributed by atoms with Gasteiger partial charge < -0.3 is 10.5 Å². The maximum absolute atomic E-state index is 10.8. The van der Waals surface area contributed by atoms with Gasteiger partial charge in [0.25, 0.3) is 0 Å². The van der Waals surface area contributed by atoms with Crippen LogP contribution < -0.4 is 10.5 Å². The van der Waals surface area contributed by atoms with Crippen molar-refractivity contribution in [1.82, 2.24) is 0 Å². The molecule has 1 amide bonds. The summed E-state index contributed by atoms with van der Waals surface area (Å²) in [4.78, 5) is 21.6. The number of hydrogen-bond acceptors (Lipinski definition) is 3. The molecule has 0 aliphatic heterocycles. The van der Waals surface area contributed by atoms with Gasteiger partial charge in [-0.05, 0) is 11.5 Å². The molecule has 0 unspecified atom stereocenters. The lowest BCUT2D eigenvalue weighted by Crippen LogP contribution is -2.17. The molecule has 0 heterocycles. The van der Waals surface area contributed by atoms with Crippen molar-refractivity contribution in [2.75, 3.05) is 0 Å². The Hall–Kier alpha value is -2.36. The first kappa shape index (κ1) is 10.2. The molecule has 80 valence electrons. The molecule has 0 saturated heterocycles. The number of fused-ring (bicyclic) bond motifs is 1. The molecular weight excluding hydrogens is 206 g/mol. The summed E-state index contributed by atoms with van der Waals surface area (Å²) in [5.74, 6) is 0.209. The zero-order valence-corrected chi connectivity index (χ0v) is 8.34. The summed E-state index contributed by atoms with van der Waals surface area (Å²) in [6, 6.07) is 10.7. The second-order valence-electron chi connectivity index (χ2n) is 3.24. The number of primary amides is 1. The number of nitrogens with two attached hydrogens (primary N) is 1. The third-order valence-corrected chi connectivity index (χ3v) is 2.24. The molecule has 4 heteroatoms. The van der Waals surface area contributed by atoms with Crippen molar-refractivity contribution in [3.05, 3.63) is 42.0 Å². The van der Waals surface area contributed by atoms with Crippen molar-refractivity contribution in [2.24, 2.45) is 5.73 Å². The molecule has 4 nitrogen and oxygen atoms in total. The van der Waals surface area contributed by atoms with Gasteiger partial charge in [0.15, 0.2) is 12.0 Å². The van der Waals surface area contributed by atoms with Crippen LogP contribution in [0.25, 0.3) is 10.8 Å². The fraction of sp³-hybridized carbons (Fsp3) is 0. The first-order chi connectivity index (χ1) is 7.72. The molecule has 0 radical (unpaired) electrons. The molecule has 0 bridgehead atoms. The average Bonchev–Trinajstić information content (AvgIpc) is 2.29. The minimum absolute atomic E-state index is 0.209. The summed E-state index contributed by atoms with van der Waals surface area (Å²) >= 11 is 0. The summed E-state index contributed by atoms with van der Waals surface area (Å²) in [5.41, 5.74) is 5.27. The lowest BCUT2D eigenvalue weighted by atomic mass is 10.1. The van der Waals surface area contributed by atoms with Crippen molar-refractivity contribution >= 4 is 23.2 Å². The first-order valence-corrected chi connectivity index (χ1v) is 4.66. The molecule has 0 fully saturated rings. The van der Waals surface area contributed by atoms with Gasteiger partial charge in [0.05, 0.1) is 5.56 Å². The predicted molar refractivity (Wildman–Crippen MR) is 59.5 cm³/mol. The Morgan fingerprint density at radius 1 is 1.19 bits per heavy atom. The zero-order valence-electron chi connectivity index (χ0n) is 8.34. The van der Waals surface area contributed by atoms with Crippen LogP contribution in [0.1, 0.15) is 10.4 Å².